The van der Waals surface area contributed by atoms with Crippen LogP contribution in [0.1, 0.15) is 0 Å². The molecule has 14 heavy (non-hydrogen) atoms. The fraction of sp³-hybridized carbons (Fsp3) is 0. The molecule has 70 valence electrons. The lowest BCUT2D eigenvalue weighted by atomic mass is 10.1. The summed E-state index contributed by atoms with van der Waals surface area (Å²) in [7, 11) is 0. The van der Waals surface area contributed by atoms with Crippen molar-refractivity contribution in [2.24, 2.45) is 0 Å². The van der Waals surface area contributed by atoms with Crippen LogP contribution in [-0.4, -0.2) is 10.2 Å². The van der Waals surface area contributed by atoms with E-state index in [9.17, 15) is 4.79 Å². The van der Waals surface area contributed by atoms with E-state index in [0.717, 1.165) is 11.1 Å². The normalized spacial score (nSPS) is 10.0. The highest BCUT2D eigenvalue weighted by atomic mass is 16.1. The molecule has 0 saturated carbocycles. The number of nitrogens with two attached hydrogens (primary N) is 1. The number of anilines is 1. The molecule has 0 aliphatic rings. The second-order valence-corrected chi connectivity index (χ2v) is 2.96. The van der Waals surface area contributed by atoms with Gasteiger partial charge < -0.3 is 5.73 Å². The van der Waals surface area contributed by atoms with Crippen LogP contribution in [0.2, 0.25) is 0 Å². The van der Waals surface area contributed by atoms with Gasteiger partial charge in [0.15, 0.2) is 0 Å². The molecule has 0 radical (unpaired) electrons. The lowest BCUT2D eigenvalue weighted by molar-refractivity contribution is 0.991. The Bertz CT molecular complexity index is 504. The number of hydrogen-bond donors (Lipinski definition) is 2. The minimum absolute atomic E-state index is 0.218. The van der Waals surface area contributed by atoms with Gasteiger partial charge in [0.25, 0.3) is 5.56 Å². The van der Waals surface area contributed by atoms with E-state index in [4.69, 9.17) is 5.73 Å². The van der Waals surface area contributed by atoms with Crippen LogP contribution >= 0.6 is 0 Å². The van der Waals surface area contributed by atoms with Gasteiger partial charge in [-0.15, -0.1) is 0 Å². The molecule has 4 heteroatoms. The molecule has 1 aromatic carbocycles. The second kappa shape index (κ2) is 3.33. The fourth-order valence-corrected chi connectivity index (χ4v) is 1.25. The number of nitrogen functional groups attached to an aromatic ring is 1. The molecule has 1 heterocycles. The predicted octanol–water partition coefficient (Wildman–Crippen LogP) is 1.02. The van der Waals surface area contributed by atoms with E-state index in [0.29, 0.717) is 5.69 Å². The zero-order valence-electron chi connectivity index (χ0n) is 7.40. The average Bonchev–Trinajstić information content (AvgIpc) is 2.18. The van der Waals surface area contributed by atoms with Crippen molar-refractivity contribution >= 4 is 5.69 Å². The lowest BCUT2D eigenvalue weighted by Gasteiger charge is -2.00. The molecule has 2 rings (SSSR count). The number of H-pyrrole nitrogens is 1. The maximum atomic E-state index is 11.0. The van der Waals surface area contributed by atoms with Gasteiger partial charge in [0.2, 0.25) is 0 Å². The minimum atomic E-state index is -0.218. The largest absolute Gasteiger partial charge is 0.399 e. The first-order chi connectivity index (χ1) is 6.75. The van der Waals surface area contributed by atoms with E-state index in [-0.39, 0.29) is 5.56 Å². The Balaban J connectivity index is 2.55. The van der Waals surface area contributed by atoms with Gasteiger partial charge >= 0.3 is 0 Å². The summed E-state index contributed by atoms with van der Waals surface area (Å²) < 4.78 is 0. The molecule has 2 aromatic rings. The van der Waals surface area contributed by atoms with Crippen LogP contribution in [0.15, 0.2) is 41.3 Å². The third-order valence-corrected chi connectivity index (χ3v) is 1.88. The van der Waals surface area contributed by atoms with E-state index in [2.05, 4.69) is 10.2 Å². The number of benzene rings is 1. The molecule has 4 nitrogen and oxygen atoms in total. The van der Waals surface area contributed by atoms with Crippen molar-refractivity contribution in [2.75, 3.05) is 5.73 Å². The first kappa shape index (κ1) is 8.50. The van der Waals surface area contributed by atoms with Gasteiger partial charge in [-0.2, -0.15) is 5.10 Å². The van der Waals surface area contributed by atoms with Gasteiger partial charge in [0.05, 0.1) is 6.20 Å². The van der Waals surface area contributed by atoms with E-state index < -0.39 is 0 Å². The number of nitrogens with one attached hydrogen (secondary N) is 1. The number of aromatic nitrogens is 2. The van der Waals surface area contributed by atoms with Crippen molar-refractivity contribution in [2.45, 2.75) is 0 Å². The SMILES string of the molecule is Nc1cccc(-c2cn[nH]c(=O)c2)c1. The summed E-state index contributed by atoms with van der Waals surface area (Å²) in [6.45, 7) is 0. The smallest absolute Gasteiger partial charge is 0.264 e. The second-order valence-electron chi connectivity index (χ2n) is 2.96. The third-order valence-electron chi connectivity index (χ3n) is 1.88. The highest BCUT2D eigenvalue weighted by Crippen LogP contribution is 2.18. The zero-order chi connectivity index (χ0) is 9.97. The van der Waals surface area contributed by atoms with Crippen molar-refractivity contribution in [3.63, 3.8) is 0 Å². The Labute approximate surface area is 80.4 Å². The van der Waals surface area contributed by atoms with Crippen molar-refractivity contribution in [3.8, 4) is 11.1 Å². The molecule has 3 N–H and O–H groups in total. The fourth-order valence-electron chi connectivity index (χ4n) is 1.25. The first-order valence-electron chi connectivity index (χ1n) is 4.16. The maximum Gasteiger partial charge on any atom is 0.264 e. The third kappa shape index (κ3) is 1.64. The van der Waals surface area contributed by atoms with Gasteiger partial charge in [-0.1, -0.05) is 12.1 Å². The number of nitrogens with zero attached hydrogens (tertiary/aromatic N) is 1. The van der Waals surface area contributed by atoms with Crippen molar-refractivity contribution in [3.05, 3.63) is 46.9 Å². The van der Waals surface area contributed by atoms with Gasteiger partial charge in [0, 0.05) is 17.3 Å². The van der Waals surface area contributed by atoms with E-state index in [1.165, 1.54) is 6.07 Å². The Kier molecular flexibility index (Phi) is 2.02. The van der Waals surface area contributed by atoms with Crippen LogP contribution in [0.4, 0.5) is 5.69 Å². The molecule has 0 bridgehead atoms. The summed E-state index contributed by atoms with van der Waals surface area (Å²) in [6, 6.07) is 8.81. The maximum absolute atomic E-state index is 11.0. The molecule has 0 aliphatic carbocycles. The molecule has 0 saturated heterocycles. The van der Waals surface area contributed by atoms with E-state index in [1.54, 1.807) is 18.3 Å². The summed E-state index contributed by atoms with van der Waals surface area (Å²) in [4.78, 5) is 11.0. The molecule has 0 spiro atoms. The van der Waals surface area contributed by atoms with Gasteiger partial charge in [-0.05, 0) is 17.7 Å². The van der Waals surface area contributed by atoms with Crippen LogP contribution in [-0.2, 0) is 0 Å². The molecule has 0 atom stereocenters. The highest BCUT2D eigenvalue weighted by Gasteiger charge is 1.98. The monoisotopic (exact) mass is 187 g/mol. The van der Waals surface area contributed by atoms with Gasteiger partial charge in [-0.3, -0.25) is 4.79 Å². The predicted molar refractivity (Wildman–Crippen MR) is 54.7 cm³/mol. The summed E-state index contributed by atoms with van der Waals surface area (Å²) in [5.74, 6) is 0. The molecular formula is C10H9N3O. The lowest BCUT2D eigenvalue weighted by Crippen LogP contribution is -2.05. The van der Waals surface area contributed by atoms with Gasteiger partial charge in [-0.25, -0.2) is 5.10 Å². The van der Waals surface area contributed by atoms with Gasteiger partial charge in [0.1, 0.15) is 0 Å². The number of hydrogen-bond acceptors (Lipinski definition) is 3. The minimum Gasteiger partial charge on any atom is -0.399 e. The number of rotatable bonds is 1. The first-order valence-corrected chi connectivity index (χ1v) is 4.16. The summed E-state index contributed by atoms with van der Waals surface area (Å²) >= 11 is 0. The number of aromatic amines is 1. The quantitative estimate of drug-likeness (QED) is 0.654. The van der Waals surface area contributed by atoms with Crippen LogP contribution in [0.25, 0.3) is 11.1 Å². The molecule has 0 unspecified atom stereocenters. The Morgan fingerprint density at radius 1 is 1.21 bits per heavy atom. The van der Waals surface area contributed by atoms with Crippen molar-refractivity contribution in [1.82, 2.24) is 10.2 Å². The summed E-state index contributed by atoms with van der Waals surface area (Å²) in [6.07, 6.45) is 1.59. The topological polar surface area (TPSA) is 71.8 Å². The van der Waals surface area contributed by atoms with Crippen molar-refractivity contribution < 1.29 is 0 Å². The molecular weight excluding hydrogens is 178 g/mol. The molecule has 0 fully saturated rings. The summed E-state index contributed by atoms with van der Waals surface area (Å²) in [5, 5.41) is 6.03. The molecule has 1 aromatic heterocycles. The highest BCUT2D eigenvalue weighted by molar-refractivity contribution is 5.65. The average molecular weight is 187 g/mol. The van der Waals surface area contributed by atoms with E-state index in [1.807, 2.05) is 12.1 Å². The van der Waals surface area contributed by atoms with Crippen LogP contribution < -0.4 is 11.3 Å². The van der Waals surface area contributed by atoms with Crippen LogP contribution in [0.5, 0.6) is 0 Å². The Hall–Kier alpha value is -2.10. The Morgan fingerprint density at radius 3 is 2.79 bits per heavy atom. The van der Waals surface area contributed by atoms with Crippen LogP contribution in [0.3, 0.4) is 0 Å². The van der Waals surface area contributed by atoms with E-state index >= 15 is 0 Å². The zero-order valence-corrected chi connectivity index (χ0v) is 7.40. The standard InChI is InChI=1S/C10H9N3O/c11-9-3-1-2-7(4-9)8-5-10(14)13-12-6-8/h1-6H,11H2,(H,13,14). The summed E-state index contributed by atoms with van der Waals surface area (Å²) in [5.41, 5.74) is 7.74. The Morgan fingerprint density at radius 2 is 2.07 bits per heavy atom. The van der Waals surface area contributed by atoms with Crippen LogP contribution in [0, 0.1) is 0 Å². The molecule has 0 aliphatic heterocycles. The molecule has 0 amide bonds. The van der Waals surface area contributed by atoms with Crippen molar-refractivity contribution in [1.29, 1.82) is 0 Å².